The van der Waals surface area contributed by atoms with Gasteiger partial charge in [-0.25, -0.2) is 4.98 Å². The Morgan fingerprint density at radius 1 is 1.08 bits per heavy atom. The summed E-state index contributed by atoms with van der Waals surface area (Å²) >= 11 is 6.50. The van der Waals surface area contributed by atoms with Gasteiger partial charge in [-0.2, -0.15) is 0 Å². The highest BCUT2D eigenvalue weighted by atomic mass is 35.5. The summed E-state index contributed by atoms with van der Waals surface area (Å²) in [7, 11) is 0. The minimum Gasteiger partial charge on any atom is -0.378 e. The van der Waals surface area contributed by atoms with E-state index in [1.807, 2.05) is 0 Å². The average Bonchev–Trinajstić information content (AvgIpc) is 3.11. The van der Waals surface area contributed by atoms with Crippen molar-refractivity contribution in [3.63, 3.8) is 0 Å². The molecule has 6 heteroatoms. The van der Waals surface area contributed by atoms with Gasteiger partial charge in [0, 0.05) is 32.4 Å². The van der Waals surface area contributed by atoms with Gasteiger partial charge >= 0.3 is 0 Å². The van der Waals surface area contributed by atoms with Gasteiger partial charge in [0.25, 0.3) is 5.91 Å². The van der Waals surface area contributed by atoms with E-state index in [0.717, 1.165) is 18.9 Å². The van der Waals surface area contributed by atoms with Gasteiger partial charge in [-0.15, -0.1) is 0 Å². The molecule has 4 rings (SSSR count). The number of piperidine rings is 1. The Bertz CT molecular complexity index is 630. The van der Waals surface area contributed by atoms with Crippen LogP contribution in [0.15, 0.2) is 12.3 Å². The molecule has 25 heavy (non-hydrogen) atoms. The van der Waals surface area contributed by atoms with Gasteiger partial charge in [0.15, 0.2) is 0 Å². The van der Waals surface area contributed by atoms with Crippen molar-refractivity contribution in [2.24, 2.45) is 5.41 Å². The van der Waals surface area contributed by atoms with Gasteiger partial charge in [0.2, 0.25) is 0 Å². The van der Waals surface area contributed by atoms with Gasteiger partial charge < -0.3 is 14.5 Å². The van der Waals surface area contributed by atoms with Crippen LogP contribution in [0.5, 0.6) is 0 Å². The van der Waals surface area contributed by atoms with Crippen molar-refractivity contribution in [2.45, 2.75) is 38.5 Å². The quantitative estimate of drug-likeness (QED) is 0.808. The van der Waals surface area contributed by atoms with Crippen molar-refractivity contribution >= 4 is 23.3 Å². The van der Waals surface area contributed by atoms with E-state index in [0.29, 0.717) is 42.3 Å². The zero-order chi connectivity index (χ0) is 17.3. The van der Waals surface area contributed by atoms with Crippen molar-refractivity contribution in [3.8, 4) is 0 Å². The van der Waals surface area contributed by atoms with Crippen LogP contribution in [0.25, 0.3) is 0 Å². The molecule has 1 spiro atoms. The molecule has 3 heterocycles. The largest absolute Gasteiger partial charge is 0.378 e. The number of anilines is 1. The summed E-state index contributed by atoms with van der Waals surface area (Å²) in [5.74, 6) is 0.820. The van der Waals surface area contributed by atoms with E-state index in [1.54, 1.807) is 17.2 Å². The number of hydrogen-bond donors (Lipinski definition) is 0. The number of carbonyl (C=O) groups excluding carboxylic acids is 1. The summed E-state index contributed by atoms with van der Waals surface area (Å²) in [5, 5.41) is 0.585. The van der Waals surface area contributed by atoms with Crippen molar-refractivity contribution in [3.05, 3.63) is 22.8 Å². The second kappa shape index (κ2) is 7.12. The van der Waals surface area contributed by atoms with E-state index in [9.17, 15) is 4.79 Å². The Morgan fingerprint density at radius 2 is 1.76 bits per heavy atom. The maximum atomic E-state index is 12.6. The Morgan fingerprint density at radius 3 is 2.40 bits per heavy atom. The van der Waals surface area contributed by atoms with Gasteiger partial charge in [0.1, 0.15) is 5.82 Å². The lowest BCUT2D eigenvalue weighted by molar-refractivity contribution is 0.0302. The van der Waals surface area contributed by atoms with E-state index in [1.165, 1.54) is 38.5 Å². The van der Waals surface area contributed by atoms with Crippen LogP contribution < -0.4 is 4.90 Å². The van der Waals surface area contributed by atoms with Crippen LogP contribution in [0.3, 0.4) is 0 Å². The number of halogens is 1. The molecule has 0 aromatic carbocycles. The molecule has 0 N–H and O–H groups in total. The van der Waals surface area contributed by atoms with Crippen molar-refractivity contribution in [1.29, 1.82) is 0 Å². The number of aromatic nitrogens is 1. The van der Waals surface area contributed by atoms with E-state index in [-0.39, 0.29) is 5.91 Å². The zero-order valence-electron chi connectivity index (χ0n) is 14.7. The number of hydrogen-bond acceptors (Lipinski definition) is 4. The Hall–Kier alpha value is -1.33. The van der Waals surface area contributed by atoms with Crippen molar-refractivity contribution in [1.82, 2.24) is 9.88 Å². The third kappa shape index (κ3) is 3.49. The Balaban J connectivity index is 1.44. The Labute approximate surface area is 154 Å². The summed E-state index contributed by atoms with van der Waals surface area (Å²) in [6.07, 6.45) is 9.69. The van der Waals surface area contributed by atoms with E-state index >= 15 is 0 Å². The van der Waals surface area contributed by atoms with Gasteiger partial charge in [-0.05, 0) is 37.2 Å². The number of ether oxygens (including phenoxy) is 1. The summed E-state index contributed by atoms with van der Waals surface area (Å²) in [6, 6.07) is 1.78. The minimum atomic E-state index is -0.00666. The molecule has 5 nitrogen and oxygen atoms in total. The lowest BCUT2D eigenvalue weighted by atomic mass is 9.77. The minimum absolute atomic E-state index is 0.00666. The lowest BCUT2D eigenvalue weighted by Crippen LogP contribution is -2.41. The highest BCUT2D eigenvalue weighted by Crippen LogP contribution is 2.46. The number of nitrogens with zero attached hydrogens (tertiary/aromatic N) is 3. The van der Waals surface area contributed by atoms with Crippen molar-refractivity contribution < 1.29 is 9.53 Å². The van der Waals surface area contributed by atoms with Crippen molar-refractivity contribution in [2.75, 3.05) is 44.3 Å². The standard InChI is InChI=1S/C19H26ClN3O2/c20-16-13-15(18(24)23-9-11-25-12-10-23)14-21-17(16)22-7-5-19(6-8-22)3-1-2-4-19/h13-14H,1-12H2. The van der Waals surface area contributed by atoms with Gasteiger partial charge in [-0.3, -0.25) is 4.79 Å². The molecule has 2 aliphatic heterocycles. The molecule has 0 bridgehead atoms. The summed E-state index contributed by atoms with van der Waals surface area (Å²) in [6.45, 7) is 4.49. The second-order valence-corrected chi connectivity index (χ2v) is 8.04. The topological polar surface area (TPSA) is 45.7 Å². The predicted octanol–water partition coefficient (Wildman–Crippen LogP) is 3.37. The molecule has 0 unspecified atom stereocenters. The Kier molecular flexibility index (Phi) is 4.87. The monoisotopic (exact) mass is 363 g/mol. The van der Waals surface area contributed by atoms with Crippen LogP contribution in [-0.4, -0.2) is 55.2 Å². The van der Waals surface area contributed by atoms with Crippen LogP contribution in [0.2, 0.25) is 5.02 Å². The molecule has 0 radical (unpaired) electrons. The molecule has 1 aromatic rings. The molecule has 3 aliphatic rings. The fraction of sp³-hybridized carbons (Fsp3) is 0.684. The summed E-state index contributed by atoms with van der Waals surface area (Å²) in [5.41, 5.74) is 1.15. The molecule has 3 fully saturated rings. The second-order valence-electron chi connectivity index (χ2n) is 7.63. The smallest absolute Gasteiger partial charge is 0.255 e. The predicted molar refractivity (Wildman–Crippen MR) is 98.3 cm³/mol. The third-order valence-electron chi connectivity index (χ3n) is 6.15. The van der Waals surface area contributed by atoms with Crippen LogP contribution in [0.1, 0.15) is 48.9 Å². The SMILES string of the molecule is O=C(c1cnc(N2CCC3(CCCC3)CC2)c(Cl)c1)N1CCOCC1. The molecule has 1 aliphatic carbocycles. The molecule has 1 saturated carbocycles. The average molecular weight is 364 g/mol. The number of morpholine rings is 1. The van der Waals surface area contributed by atoms with Gasteiger partial charge in [-0.1, -0.05) is 24.4 Å². The maximum Gasteiger partial charge on any atom is 0.255 e. The van der Waals surface area contributed by atoms with Crippen LogP contribution in [0, 0.1) is 5.41 Å². The first-order valence-electron chi connectivity index (χ1n) is 9.44. The first kappa shape index (κ1) is 17.1. The molecule has 2 saturated heterocycles. The van der Waals surface area contributed by atoms with E-state index in [4.69, 9.17) is 16.3 Å². The van der Waals surface area contributed by atoms with Crippen LogP contribution in [-0.2, 0) is 4.74 Å². The zero-order valence-corrected chi connectivity index (χ0v) is 15.4. The first-order valence-corrected chi connectivity index (χ1v) is 9.82. The van der Waals surface area contributed by atoms with E-state index < -0.39 is 0 Å². The third-order valence-corrected chi connectivity index (χ3v) is 6.43. The summed E-state index contributed by atoms with van der Waals surface area (Å²) in [4.78, 5) is 21.2. The molecular formula is C19H26ClN3O2. The fourth-order valence-electron chi connectivity index (χ4n) is 4.55. The number of amides is 1. The molecule has 136 valence electrons. The first-order chi connectivity index (χ1) is 12.2. The maximum absolute atomic E-state index is 12.6. The van der Waals surface area contributed by atoms with Gasteiger partial charge in [0.05, 0.1) is 23.8 Å². The summed E-state index contributed by atoms with van der Waals surface area (Å²) < 4.78 is 5.31. The highest BCUT2D eigenvalue weighted by Gasteiger charge is 2.37. The number of carbonyl (C=O) groups is 1. The molecule has 1 aromatic heterocycles. The number of pyridine rings is 1. The normalized spacial score (nSPS) is 23.2. The molecule has 1 amide bonds. The van der Waals surface area contributed by atoms with Crippen LogP contribution in [0.4, 0.5) is 5.82 Å². The fourth-order valence-corrected chi connectivity index (χ4v) is 4.83. The van der Waals surface area contributed by atoms with Crippen LogP contribution >= 0.6 is 11.6 Å². The highest BCUT2D eigenvalue weighted by molar-refractivity contribution is 6.33. The molecular weight excluding hydrogens is 338 g/mol. The number of rotatable bonds is 2. The molecule has 0 atom stereocenters. The lowest BCUT2D eigenvalue weighted by Gasteiger charge is -2.40. The van der Waals surface area contributed by atoms with E-state index in [2.05, 4.69) is 9.88 Å².